The first-order valence-corrected chi connectivity index (χ1v) is 9.10. The van der Waals surface area contributed by atoms with Crippen LogP contribution in [0.5, 0.6) is 0 Å². The van der Waals surface area contributed by atoms with Gasteiger partial charge in [-0.25, -0.2) is 4.98 Å². The van der Waals surface area contributed by atoms with Gasteiger partial charge in [0, 0.05) is 24.0 Å². The fourth-order valence-corrected chi connectivity index (χ4v) is 3.01. The number of aryl methyl sites for hydroxylation is 1. The van der Waals surface area contributed by atoms with E-state index in [0.29, 0.717) is 18.4 Å². The number of aromatic nitrogens is 1. The summed E-state index contributed by atoms with van der Waals surface area (Å²) < 4.78 is 0. The van der Waals surface area contributed by atoms with Crippen LogP contribution in [-0.2, 0) is 12.8 Å². The van der Waals surface area contributed by atoms with Gasteiger partial charge in [-0.3, -0.25) is 4.99 Å². The lowest BCUT2D eigenvalue weighted by Gasteiger charge is -2.10. The Hall–Kier alpha value is -1.88. The maximum atomic E-state index is 5.95. The van der Waals surface area contributed by atoms with Crippen molar-refractivity contribution < 1.29 is 0 Å². The third-order valence-electron chi connectivity index (χ3n) is 3.92. The lowest BCUT2D eigenvalue weighted by molar-refractivity contribution is 0.734. The van der Waals surface area contributed by atoms with E-state index in [1.165, 1.54) is 10.6 Å². The molecule has 0 amide bonds. The molecular weight excluding hydrogens is 304 g/mol. The minimum atomic E-state index is 0.451. The van der Waals surface area contributed by atoms with Crippen LogP contribution in [0.2, 0.25) is 0 Å². The highest BCUT2D eigenvalue weighted by molar-refractivity contribution is 7.09. The molecule has 0 aliphatic rings. The molecule has 5 heteroatoms. The van der Waals surface area contributed by atoms with Crippen molar-refractivity contribution in [1.82, 2.24) is 4.98 Å². The van der Waals surface area contributed by atoms with E-state index in [2.05, 4.69) is 65.7 Å². The number of hydrogen-bond acceptors (Lipinski definition) is 3. The molecule has 1 aromatic carbocycles. The number of nitrogens with two attached hydrogens (primary N) is 1. The molecule has 0 saturated heterocycles. The van der Waals surface area contributed by atoms with Crippen molar-refractivity contribution in [3.63, 3.8) is 0 Å². The summed E-state index contributed by atoms with van der Waals surface area (Å²) >= 11 is 1.71. The van der Waals surface area contributed by atoms with Crippen molar-refractivity contribution in [2.24, 2.45) is 10.7 Å². The third-order valence-corrected chi connectivity index (χ3v) is 4.96. The molecule has 0 bridgehead atoms. The number of rotatable bonds is 7. The number of hydrogen-bond donors (Lipinski definition) is 2. The second-order valence-corrected chi connectivity index (χ2v) is 6.60. The van der Waals surface area contributed by atoms with Crippen LogP contribution in [-0.4, -0.2) is 17.5 Å². The molecule has 2 aromatic rings. The second-order valence-electron chi connectivity index (χ2n) is 5.66. The molecule has 0 fully saturated rings. The standard InChI is InChI=1S/C18H26N4S/c1-4-13(3)14-6-8-15(9-7-14)22-18(19)20-11-10-16-12-23-17(5-2)21-16/h6-9,12-13H,4-5,10-11H2,1-3H3,(H3,19,20,22). The minimum Gasteiger partial charge on any atom is -0.370 e. The van der Waals surface area contributed by atoms with Crippen LogP contribution in [0.15, 0.2) is 34.6 Å². The predicted molar refractivity (Wildman–Crippen MR) is 100 cm³/mol. The van der Waals surface area contributed by atoms with Gasteiger partial charge in [-0.05, 0) is 36.5 Å². The number of nitrogens with zero attached hydrogens (tertiary/aromatic N) is 2. The maximum absolute atomic E-state index is 5.95. The lowest BCUT2D eigenvalue weighted by Crippen LogP contribution is -2.23. The molecule has 2 rings (SSSR count). The van der Waals surface area contributed by atoms with Crippen molar-refractivity contribution in [2.45, 2.75) is 46.0 Å². The highest BCUT2D eigenvalue weighted by Gasteiger charge is 2.03. The molecule has 0 radical (unpaired) electrons. The first-order chi connectivity index (χ1) is 11.1. The van der Waals surface area contributed by atoms with Gasteiger partial charge in [-0.15, -0.1) is 11.3 Å². The van der Waals surface area contributed by atoms with Gasteiger partial charge in [-0.2, -0.15) is 0 Å². The van der Waals surface area contributed by atoms with Crippen LogP contribution in [0.3, 0.4) is 0 Å². The van der Waals surface area contributed by atoms with Crippen molar-refractivity contribution in [3.05, 3.63) is 45.9 Å². The lowest BCUT2D eigenvalue weighted by atomic mass is 9.99. The zero-order valence-corrected chi connectivity index (χ0v) is 15.0. The molecule has 4 nitrogen and oxygen atoms in total. The molecule has 1 heterocycles. The van der Waals surface area contributed by atoms with Crippen LogP contribution < -0.4 is 11.1 Å². The number of guanidine groups is 1. The predicted octanol–water partition coefficient (Wildman–Crippen LogP) is 4.19. The summed E-state index contributed by atoms with van der Waals surface area (Å²) in [6, 6.07) is 8.40. The molecule has 1 aromatic heterocycles. The Labute approximate surface area is 142 Å². The van der Waals surface area contributed by atoms with E-state index in [9.17, 15) is 0 Å². The highest BCUT2D eigenvalue weighted by atomic mass is 32.1. The van der Waals surface area contributed by atoms with Crippen LogP contribution in [0, 0.1) is 0 Å². The Morgan fingerprint density at radius 3 is 2.65 bits per heavy atom. The van der Waals surface area contributed by atoms with Gasteiger partial charge < -0.3 is 11.1 Å². The topological polar surface area (TPSA) is 63.3 Å². The summed E-state index contributed by atoms with van der Waals surface area (Å²) in [6.07, 6.45) is 2.96. The van der Waals surface area contributed by atoms with Gasteiger partial charge in [0.05, 0.1) is 10.7 Å². The molecule has 124 valence electrons. The van der Waals surface area contributed by atoms with Crippen LogP contribution in [0.4, 0.5) is 5.69 Å². The van der Waals surface area contributed by atoms with Crippen molar-refractivity contribution >= 4 is 23.0 Å². The summed E-state index contributed by atoms with van der Waals surface area (Å²) in [6.45, 7) is 7.21. The third kappa shape index (κ3) is 5.36. The van der Waals surface area contributed by atoms with Gasteiger partial charge in [0.15, 0.2) is 5.96 Å². The summed E-state index contributed by atoms with van der Waals surface area (Å²) in [5.41, 5.74) is 9.37. The van der Waals surface area contributed by atoms with E-state index in [0.717, 1.165) is 30.6 Å². The molecule has 0 aliphatic heterocycles. The molecule has 3 N–H and O–H groups in total. The largest absolute Gasteiger partial charge is 0.370 e. The van der Waals surface area contributed by atoms with Crippen molar-refractivity contribution in [3.8, 4) is 0 Å². The fourth-order valence-electron chi connectivity index (χ4n) is 2.24. The molecule has 1 atom stereocenters. The zero-order valence-electron chi connectivity index (χ0n) is 14.2. The Morgan fingerprint density at radius 1 is 1.30 bits per heavy atom. The van der Waals surface area contributed by atoms with Crippen LogP contribution >= 0.6 is 11.3 Å². The van der Waals surface area contributed by atoms with Gasteiger partial charge in [-0.1, -0.05) is 32.9 Å². The van der Waals surface area contributed by atoms with Gasteiger partial charge in [0.1, 0.15) is 0 Å². The van der Waals surface area contributed by atoms with Crippen LogP contribution in [0.1, 0.15) is 49.4 Å². The first kappa shape index (κ1) is 17.5. The summed E-state index contributed by atoms with van der Waals surface area (Å²) in [4.78, 5) is 8.90. The van der Waals surface area contributed by atoms with Crippen LogP contribution in [0.25, 0.3) is 0 Å². The number of thiazole rings is 1. The monoisotopic (exact) mass is 330 g/mol. The second kappa shape index (κ2) is 8.67. The summed E-state index contributed by atoms with van der Waals surface area (Å²) in [5, 5.41) is 6.42. The first-order valence-electron chi connectivity index (χ1n) is 8.22. The van der Waals surface area contributed by atoms with Crippen molar-refractivity contribution in [1.29, 1.82) is 0 Å². The van der Waals surface area contributed by atoms with E-state index in [4.69, 9.17) is 5.73 Å². The average Bonchev–Trinajstić information content (AvgIpc) is 3.03. The van der Waals surface area contributed by atoms with Gasteiger partial charge >= 0.3 is 0 Å². The van der Waals surface area contributed by atoms with Gasteiger partial charge in [0.25, 0.3) is 0 Å². The average molecular weight is 331 g/mol. The Kier molecular flexibility index (Phi) is 6.59. The molecule has 1 unspecified atom stereocenters. The molecule has 0 spiro atoms. The number of nitrogens with one attached hydrogen (secondary N) is 1. The van der Waals surface area contributed by atoms with E-state index < -0.39 is 0 Å². The van der Waals surface area contributed by atoms with Crippen molar-refractivity contribution in [2.75, 3.05) is 11.9 Å². The quantitative estimate of drug-likeness (QED) is 0.591. The van der Waals surface area contributed by atoms with E-state index in [1.54, 1.807) is 11.3 Å². The highest BCUT2D eigenvalue weighted by Crippen LogP contribution is 2.20. The fraction of sp³-hybridized carbons (Fsp3) is 0.444. The Bertz CT molecular complexity index is 631. The summed E-state index contributed by atoms with van der Waals surface area (Å²) in [5.74, 6) is 1.04. The van der Waals surface area contributed by atoms with E-state index in [1.807, 2.05) is 0 Å². The SMILES string of the molecule is CCc1nc(CCN=C(N)Nc2ccc(C(C)CC)cc2)cs1. The smallest absolute Gasteiger partial charge is 0.193 e. The number of anilines is 1. The molecule has 23 heavy (non-hydrogen) atoms. The van der Waals surface area contributed by atoms with E-state index in [-0.39, 0.29) is 0 Å². The van der Waals surface area contributed by atoms with Gasteiger partial charge in [0.2, 0.25) is 0 Å². The number of aliphatic imine (C=N–C) groups is 1. The zero-order chi connectivity index (χ0) is 16.7. The normalized spacial score (nSPS) is 13.1. The summed E-state index contributed by atoms with van der Waals surface area (Å²) in [7, 11) is 0. The molecule has 0 aliphatic carbocycles. The maximum Gasteiger partial charge on any atom is 0.193 e. The Morgan fingerprint density at radius 2 is 2.04 bits per heavy atom. The van der Waals surface area contributed by atoms with E-state index >= 15 is 0 Å². The Balaban J connectivity index is 1.84. The number of benzene rings is 1. The molecular formula is C18H26N4S. The molecule has 0 saturated carbocycles. The minimum absolute atomic E-state index is 0.451.